The summed E-state index contributed by atoms with van der Waals surface area (Å²) in [7, 11) is 1.73. The van der Waals surface area contributed by atoms with Crippen molar-refractivity contribution in [3.8, 4) is 0 Å². The van der Waals surface area contributed by atoms with Crippen LogP contribution >= 0.6 is 34.9 Å². The molecular weight excluding hydrogens is 448 g/mol. The van der Waals surface area contributed by atoms with Gasteiger partial charge in [-0.25, -0.2) is 4.79 Å². The number of carbonyl (C=O) groups excluding carboxylic acids is 2. The average Bonchev–Trinajstić information content (AvgIpc) is 3.28. The molecule has 1 saturated heterocycles. The van der Waals surface area contributed by atoms with Gasteiger partial charge >= 0.3 is 5.97 Å². The maximum absolute atomic E-state index is 12.7. The van der Waals surface area contributed by atoms with E-state index in [0.29, 0.717) is 28.3 Å². The molecular formula is C17H18N6O4S3. The Hall–Kier alpha value is -2.38. The van der Waals surface area contributed by atoms with Crippen LogP contribution in [-0.4, -0.2) is 70.7 Å². The molecule has 0 bridgehead atoms. The molecule has 0 unspecified atom stereocenters. The molecule has 4 heterocycles. The molecule has 30 heavy (non-hydrogen) atoms. The first-order chi connectivity index (χ1) is 14.3. The zero-order valence-corrected chi connectivity index (χ0v) is 18.7. The Morgan fingerprint density at radius 3 is 2.73 bits per heavy atom. The summed E-state index contributed by atoms with van der Waals surface area (Å²) in [5.41, 5.74) is 1.73. The van der Waals surface area contributed by atoms with Crippen LogP contribution in [0.3, 0.4) is 0 Å². The lowest BCUT2D eigenvalue weighted by Gasteiger charge is -2.49. The number of aryl methyl sites for hydroxylation is 2. The number of aliphatic carboxylic acids is 1. The minimum Gasteiger partial charge on any atom is -0.477 e. The van der Waals surface area contributed by atoms with Gasteiger partial charge in [0.15, 0.2) is 4.34 Å². The molecule has 158 valence electrons. The lowest BCUT2D eigenvalue weighted by molar-refractivity contribution is -0.148. The van der Waals surface area contributed by atoms with Crippen molar-refractivity contribution in [1.82, 2.24) is 30.2 Å². The number of carbonyl (C=O) groups is 3. The van der Waals surface area contributed by atoms with E-state index in [2.05, 4.69) is 20.6 Å². The van der Waals surface area contributed by atoms with Crippen molar-refractivity contribution >= 4 is 52.6 Å². The van der Waals surface area contributed by atoms with Gasteiger partial charge in [-0.1, -0.05) is 23.1 Å². The van der Waals surface area contributed by atoms with Crippen LogP contribution in [-0.2, 0) is 16.6 Å². The van der Waals surface area contributed by atoms with Crippen LogP contribution in [0.2, 0.25) is 0 Å². The van der Waals surface area contributed by atoms with Crippen LogP contribution in [0.1, 0.15) is 21.1 Å². The summed E-state index contributed by atoms with van der Waals surface area (Å²) in [5, 5.41) is 24.9. The van der Waals surface area contributed by atoms with Crippen LogP contribution in [0.15, 0.2) is 21.8 Å². The molecule has 1 fully saturated rings. The van der Waals surface area contributed by atoms with Crippen molar-refractivity contribution in [1.29, 1.82) is 0 Å². The molecule has 0 aromatic carbocycles. The zero-order chi connectivity index (χ0) is 21.6. The SMILES string of the molecule is Cc1nnc(SCC2=C(C(=O)O)N3C(=O)[C@H](NC(=O)c4cnn(C)c4C)[C@H]3SC2)s1. The van der Waals surface area contributed by atoms with Crippen molar-refractivity contribution < 1.29 is 19.5 Å². The fourth-order valence-electron chi connectivity index (χ4n) is 3.22. The first-order valence-corrected chi connectivity index (χ1v) is 11.8. The number of amides is 2. The van der Waals surface area contributed by atoms with E-state index in [1.807, 2.05) is 6.92 Å². The molecule has 13 heteroatoms. The summed E-state index contributed by atoms with van der Waals surface area (Å²) >= 11 is 4.29. The van der Waals surface area contributed by atoms with Crippen LogP contribution in [0, 0.1) is 13.8 Å². The molecule has 0 saturated carbocycles. The predicted octanol–water partition coefficient (Wildman–Crippen LogP) is 1.03. The van der Waals surface area contributed by atoms with E-state index < -0.39 is 29.2 Å². The number of nitrogens with one attached hydrogen (secondary N) is 1. The Kier molecular flexibility index (Phi) is 5.59. The van der Waals surface area contributed by atoms with E-state index in [0.717, 1.165) is 9.35 Å². The Labute approximate surface area is 184 Å². The Bertz CT molecular complexity index is 1080. The molecule has 0 spiro atoms. The molecule has 2 atom stereocenters. The number of β-lactam (4-membered cyclic amide) rings is 1. The van der Waals surface area contributed by atoms with Crippen LogP contribution < -0.4 is 5.32 Å². The number of fused-ring (bicyclic) bond motifs is 1. The fourth-order valence-corrected chi connectivity index (χ4v) is 6.52. The fraction of sp³-hybridized carbons (Fsp3) is 0.412. The van der Waals surface area contributed by atoms with Gasteiger partial charge in [0.1, 0.15) is 22.1 Å². The van der Waals surface area contributed by atoms with Crippen molar-refractivity contribution in [2.24, 2.45) is 7.05 Å². The number of rotatable bonds is 6. The second kappa shape index (κ2) is 8.04. The first-order valence-electron chi connectivity index (χ1n) is 8.90. The largest absolute Gasteiger partial charge is 0.477 e. The summed E-state index contributed by atoms with van der Waals surface area (Å²) in [4.78, 5) is 38.5. The van der Waals surface area contributed by atoms with Crippen molar-refractivity contribution in [3.63, 3.8) is 0 Å². The number of carboxylic acids is 1. The number of carboxylic acid groups (broad SMARTS) is 1. The average molecular weight is 467 g/mol. The summed E-state index contributed by atoms with van der Waals surface area (Å²) in [6.07, 6.45) is 1.45. The molecule has 4 rings (SSSR count). The summed E-state index contributed by atoms with van der Waals surface area (Å²) in [6, 6.07) is -0.767. The summed E-state index contributed by atoms with van der Waals surface area (Å²) in [5.74, 6) is -1.10. The van der Waals surface area contributed by atoms with E-state index in [4.69, 9.17) is 0 Å². The molecule has 2 aliphatic heterocycles. The highest BCUT2D eigenvalue weighted by molar-refractivity contribution is 8.01. The molecule has 10 nitrogen and oxygen atoms in total. The third kappa shape index (κ3) is 3.61. The maximum Gasteiger partial charge on any atom is 0.352 e. The Balaban J connectivity index is 1.49. The van der Waals surface area contributed by atoms with Gasteiger partial charge in [-0.2, -0.15) is 5.10 Å². The minimum absolute atomic E-state index is 0.000504. The van der Waals surface area contributed by atoms with Gasteiger partial charge in [0, 0.05) is 24.2 Å². The molecule has 2 aromatic rings. The first kappa shape index (κ1) is 20.9. The number of nitrogens with zero attached hydrogens (tertiary/aromatic N) is 5. The summed E-state index contributed by atoms with van der Waals surface area (Å²) in [6.45, 7) is 3.62. The quantitative estimate of drug-likeness (QED) is 0.473. The van der Waals surface area contributed by atoms with E-state index >= 15 is 0 Å². The number of hydrogen-bond donors (Lipinski definition) is 2. The molecule has 2 N–H and O–H groups in total. The lowest BCUT2D eigenvalue weighted by Crippen LogP contribution is -2.70. The molecule has 2 amide bonds. The highest BCUT2D eigenvalue weighted by Gasteiger charge is 2.54. The van der Waals surface area contributed by atoms with Gasteiger partial charge in [0.25, 0.3) is 11.8 Å². The highest BCUT2D eigenvalue weighted by atomic mass is 32.2. The van der Waals surface area contributed by atoms with Gasteiger partial charge in [-0.15, -0.1) is 22.0 Å². The lowest BCUT2D eigenvalue weighted by atomic mass is 10.0. The van der Waals surface area contributed by atoms with Crippen molar-refractivity contribution in [3.05, 3.63) is 33.7 Å². The monoisotopic (exact) mass is 466 g/mol. The van der Waals surface area contributed by atoms with E-state index in [-0.39, 0.29) is 5.70 Å². The topological polar surface area (TPSA) is 130 Å². The van der Waals surface area contributed by atoms with E-state index in [9.17, 15) is 19.5 Å². The number of aromatic nitrogens is 4. The number of hydrogen-bond acceptors (Lipinski definition) is 9. The molecule has 2 aliphatic rings. The standard InChI is InChI=1S/C17H18N6O4S3/c1-7-10(4-18-22(7)3)13(24)19-11-14(25)23-12(16(26)27)9(5-28-15(11)23)6-29-17-21-20-8(2)30-17/h4,11,15H,5-6H2,1-3H3,(H,19,24)(H,26,27)/t11-,15+/m0/s1. The van der Waals surface area contributed by atoms with E-state index in [1.165, 1.54) is 46.0 Å². The van der Waals surface area contributed by atoms with Crippen molar-refractivity contribution in [2.45, 2.75) is 29.6 Å². The predicted molar refractivity (Wildman–Crippen MR) is 112 cm³/mol. The molecule has 0 aliphatic carbocycles. The Morgan fingerprint density at radius 2 is 2.13 bits per heavy atom. The molecule has 2 aromatic heterocycles. The normalized spacial score (nSPS) is 20.8. The van der Waals surface area contributed by atoms with Crippen molar-refractivity contribution in [2.75, 3.05) is 11.5 Å². The van der Waals surface area contributed by atoms with E-state index in [1.54, 1.807) is 18.7 Å². The van der Waals surface area contributed by atoms with Gasteiger partial charge in [0.2, 0.25) is 0 Å². The maximum atomic E-state index is 12.7. The Morgan fingerprint density at radius 1 is 1.37 bits per heavy atom. The highest BCUT2D eigenvalue weighted by Crippen LogP contribution is 2.41. The van der Waals surface area contributed by atoms with Gasteiger partial charge < -0.3 is 10.4 Å². The number of thioether (sulfide) groups is 2. The third-order valence-electron chi connectivity index (χ3n) is 4.89. The van der Waals surface area contributed by atoms with Gasteiger partial charge in [-0.3, -0.25) is 19.2 Å². The van der Waals surface area contributed by atoms with Gasteiger partial charge in [-0.05, 0) is 19.4 Å². The smallest absolute Gasteiger partial charge is 0.352 e. The van der Waals surface area contributed by atoms with Crippen LogP contribution in [0.25, 0.3) is 0 Å². The van der Waals surface area contributed by atoms with Crippen LogP contribution in [0.4, 0.5) is 0 Å². The second-order valence-electron chi connectivity index (χ2n) is 6.76. The summed E-state index contributed by atoms with van der Waals surface area (Å²) < 4.78 is 2.33. The second-order valence-corrected chi connectivity index (χ2v) is 10.3. The van der Waals surface area contributed by atoms with Crippen LogP contribution in [0.5, 0.6) is 0 Å². The van der Waals surface area contributed by atoms with Gasteiger partial charge in [0.05, 0.1) is 11.8 Å². The zero-order valence-electron chi connectivity index (χ0n) is 16.3. The minimum atomic E-state index is -1.15. The third-order valence-corrected chi connectivity index (χ3v) is 8.29. The molecule has 0 radical (unpaired) electrons.